The van der Waals surface area contributed by atoms with Crippen molar-refractivity contribution in [3.05, 3.63) is 148 Å². The first-order valence-electron chi connectivity index (χ1n) is 14.0. The van der Waals surface area contributed by atoms with Crippen LogP contribution in [0, 0.1) is 17.0 Å². The van der Waals surface area contributed by atoms with Crippen LogP contribution in [-0.4, -0.2) is 41.3 Å². The Labute approximate surface area is 250 Å². The molecule has 42 heavy (non-hydrogen) atoms. The summed E-state index contributed by atoms with van der Waals surface area (Å²) in [5, 5.41) is 12.7. The Hall–Kier alpha value is -3.53. The van der Waals surface area contributed by atoms with Gasteiger partial charge in [-0.25, -0.2) is 0 Å². The highest BCUT2D eigenvalue weighted by Crippen LogP contribution is 2.37. The monoisotopic (exact) mass is 585 g/mol. The van der Waals surface area contributed by atoms with Gasteiger partial charge in [0.1, 0.15) is 12.2 Å². The van der Waals surface area contributed by atoms with Crippen molar-refractivity contribution in [2.45, 2.75) is 61.4 Å². The van der Waals surface area contributed by atoms with Gasteiger partial charge in [0.25, 0.3) is 6.04 Å². The number of ether oxygens (including phenoxy) is 4. The third-order valence-electron chi connectivity index (χ3n) is 7.10. The lowest BCUT2D eigenvalue weighted by Crippen LogP contribution is -2.62. The molecule has 0 bridgehead atoms. The number of benzene rings is 4. The second-order valence-corrected chi connectivity index (χ2v) is 11.4. The average Bonchev–Trinajstić information content (AvgIpc) is 3.02. The summed E-state index contributed by atoms with van der Waals surface area (Å²) in [5.74, 6) is 0. The maximum Gasteiger partial charge on any atom is 0.276 e. The van der Waals surface area contributed by atoms with E-state index in [2.05, 4.69) is 0 Å². The molecule has 0 spiro atoms. The number of nitro groups is 1. The van der Waals surface area contributed by atoms with E-state index in [-0.39, 0.29) is 24.7 Å². The summed E-state index contributed by atoms with van der Waals surface area (Å²) in [6, 6.07) is 36.0. The van der Waals surface area contributed by atoms with Gasteiger partial charge in [-0.3, -0.25) is 10.1 Å². The Kier molecular flexibility index (Phi) is 10.8. The van der Waals surface area contributed by atoms with Crippen molar-refractivity contribution >= 4 is 11.8 Å². The molecule has 0 unspecified atom stereocenters. The topological polar surface area (TPSA) is 80.1 Å². The molecule has 7 nitrogen and oxygen atoms in total. The molecule has 5 rings (SSSR count). The number of hydrogen-bond donors (Lipinski definition) is 0. The van der Waals surface area contributed by atoms with Crippen molar-refractivity contribution in [1.82, 2.24) is 0 Å². The van der Waals surface area contributed by atoms with Crippen molar-refractivity contribution in [1.29, 1.82) is 0 Å². The Morgan fingerprint density at radius 1 is 0.714 bits per heavy atom. The highest BCUT2D eigenvalue weighted by atomic mass is 32.2. The SMILES string of the molecule is Cc1ccc(S[C@@H]2O[C@H](COCc3ccccc3)[C@H](OCc3ccccc3)[C@H](OCc3ccccc3)[C@H]2[N+](=O)[O-])cc1. The second kappa shape index (κ2) is 15.1. The number of aryl methyl sites for hydroxylation is 1. The fourth-order valence-electron chi connectivity index (χ4n) is 4.89. The van der Waals surface area contributed by atoms with E-state index in [1.54, 1.807) is 0 Å². The lowest BCUT2D eigenvalue weighted by Gasteiger charge is -2.42. The van der Waals surface area contributed by atoms with Crippen molar-refractivity contribution in [3.63, 3.8) is 0 Å². The van der Waals surface area contributed by atoms with Gasteiger partial charge in [-0.2, -0.15) is 0 Å². The summed E-state index contributed by atoms with van der Waals surface area (Å²) >= 11 is 1.33. The lowest BCUT2D eigenvalue weighted by atomic mass is 9.97. The minimum atomic E-state index is -1.17. The molecular weight excluding hydrogens is 550 g/mol. The predicted molar refractivity (Wildman–Crippen MR) is 163 cm³/mol. The van der Waals surface area contributed by atoms with Gasteiger partial charge in [-0.1, -0.05) is 120 Å². The van der Waals surface area contributed by atoms with Gasteiger partial charge >= 0.3 is 0 Å². The van der Waals surface area contributed by atoms with Crippen LogP contribution in [0.1, 0.15) is 22.3 Å². The summed E-state index contributed by atoms with van der Waals surface area (Å²) < 4.78 is 25.5. The first-order valence-corrected chi connectivity index (χ1v) is 14.9. The van der Waals surface area contributed by atoms with Crippen LogP contribution in [0.25, 0.3) is 0 Å². The van der Waals surface area contributed by atoms with Gasteiger partial charge in [-0.05, 0) is 35.7 Å². The zero-order valence-corrected chi connectivity index (χ0v) is 24.3. The van der Waals surface area contributed by atoms with Crippen molar-refractivity contribution in [3.8, 4) is 0 Å². The molecule has 5 atom stereocenters. The Bertz CT molecular complexity index is 1370. The fraction of sp³-hybridized carbons (Fsp3) is 0.294. The maximum absolute atomic E-state index is 12.7. The highest BCUT2D eigenvalue weighted by molar-refractivity contribution is 7.99. The highest BCUT2D eigenvalue weighted by Gasteiger charge is 2.54. The van der Waals surface area contributed by atoms with Gasteiger partial charge in [0.05, 0.1) is 26.4 Å². The molecule has 0 amide bonds. The van der Waals surface area contributed by atoms with Crippen molar-refractivity contribution in [2.75, 3.05) is 6.61 Å². The summed E-state index contributed by atoms with van der Waals surface area (Å²) in [6.45, 7) is 3.05. The van der Waals surface area contributed by atoms with Crippen molar-refractivity contribution < 1.29 is 23.9 Å². The number of thioether (sulfide) groups is 1. The van der Waals surface area contributed by atoms with E-state index < -0.39 is 29.8 Å². The van der Waals surface area contributed by atoms with E-state index in [0.29, 0.717) is 6.61 Å². The molecule has 1 aliphatic rings. The summed E-state index contributed by atoms with van der Waals surface area (Å²) in [6.07, 6.45) is -2.22. The van der Waals surface area contributed by atoms with E-state index in [1.165, 1.54) is 11.8 Å². The number of nitrogens with zero attached hydrogens (tertiary/aromatic N) is 1. The number of hydrogen-bond acceptors (Lipinski definition) is 7. The quantitative estimate of drug-likeness (QED) is 0.125. The third kappa shape index (κ3) is 8.27. The van der Waals surface area contributed by atoms with Crippen molar-refractivity contribution in [2.24, 2.45) is 0 Å². The van der Waals surface area contributed by atoms with Gasteiger partial charge in [0, 0.05) is 9.82 Å². The molecule has 0 aromatic heterocycles. The molecule has 8 heteroatoms. The molecule has 0 N–H and O–H groups in total. The maximum atomic E-state index is 12.7. The first-order chi connectivity index (χ1) is 20.6. The minimum Gasteiger partial charge on any atom is -0.374 e. The molecular formula is C34H35NO6S. The molecule has 0 saturated carbocycles. The Morgan fingerprint density at radius 3 is 1.74 bits per heavy atom. The first kappa shape index (κ1) is 29.9. The molecule has 1 aliphatic heterocycles. The standard InChI is InChI=1S/C34H35NO6S/c1-25-17-19-29(20-18-25)42-34-31(35(36)37)33(40-23-28-15-9-4-10-16-28)32(39-22-27-13-7-3-8-14-27)30(41-34)24-38-21-26-11-5-2-6-12-26/h2-20,30-34H,21-24H2,1H3/t30-,31-,32+,33-,34+/m1/s1. The van der Waals surface area contributed by atoms with Crippen LogP contribution in [0.2, 0.25) is 0 Å². The fourth-order valence-corrected chi connectivity index (χ4v) is 6.04. The molecule has 1 fully saturated rings. The van der Waals surface area contributed by atoms with E-state index in [4.69, 9.17) is 18.9 Å². The van der Waals surface area contributed by atoms with E-state index >= 15 is 0 Å². The van der Waals surface area contributed by atoms with Gasteiger partial charge in [0.15, 0.2) is 11.5 Å². The summed E-state index contributed by atoms with van der Waals surface area (Å²) in [5.41, 5.74) is 3.20. The summed E-state index contributed by atoms with van der Waals surface area (Å²) in [4.78, 5) is 13.3. The molecule has 218 valence electrons. The van der Waals surface area contributed by atoms with Gasteiger partial charge < -0.3 is 18.9 Å². The Balaban J connectivity index is 1.43. The van der Waals surface area contributed by atoms with Crippen LogP contribution in [0.5, 0.6) is 0 Å². The molecule has 1 heterocycles. The van der Waals surface area contributed by atoms with Crippen LogP contribution < -0.4 is 0 Å². The Morgan fingerprint density at radius 2 is 1.21 bits per heavy atom. The lowest BCUT2D eigenvalue weighted by molar-refractivity contribution is -0.555. The normalized spacial score (nSPS) is 22.1. The molecule has 4 aromatic rings. The molecule has 1 saturated heterocycles. The predicted octanol–water partition coefficient (Wildman–Crippen LogP) is 6.84. The molecule has 0 aliphatic carbocycles. The average molecular weight is 586 g/mol. The van der Waals surface area contributed by atoms with Crippen LogP contribution in [-0.2, 0) is 38.8 Å². The third-order valence-corrected chi connectivity index (χ3v) is 8.26. The smallest absolute Gasteiger partial charge is 0.276 e. The second-order valence-electron chi connectivity index (χ2n) is 10.3. The molecule has 4 aromatic carbocycles. The molecule has 0 radical (unpaired) electrons. The minimum absolute atomic E-state index is 0.189. The van der Waals surface area contributed by atoms with Crippen LogP contribution in [0.4, 0.5) is 0 Å². The van der Waals surface area contributed by atoms with Gasteiger partial charge in [0.2, 0.25) is 0 Å². The van der Waals surface area contributed by atoms with Crippen LogP contribution in [0.15, 0.2) is 120 Å². The largest absolute Gasteiger partial charge is 0.374 e. The van der Waals surface area contributed by atoms with E-state index in [0.717, 1.165) is 27.1 Å². The number of rotatable bonds is 13. The zero-order chi connectivity index (χ0) is 29.1. The van der Waals surface area contributed by atoms with E-state index in [1.807, 2.05) is 122 Å². The van der Waals surface area contributed by atoms with E-state index in [9.17, 15) is 10.1 Å². The van der Waals surface area contributed by atoms with Crippen LogP contribution in [0.3, 0.4) is 0 Å². The zero-order valence-electron chi connectivity index (χ0n) is 23.5. The van der Waals surface area contributed by atoms with Gasteiger partial charge in [-0.15, -0.1) is 0 Å². The van der Waals surface area contributed by atoms with Crippen LogP contribution >= 0.6 is 11.8 Å². The summed E-state index contributed by atoms with van der Waals surface area (Å²) in [7, 11) is 0.